The number of nitrogens with one attached hydrogen (secondary N) is 1. The van der Waals surface area contributed by atoms with E-state index in [0.29, 0.717) is 16.8 Å². The Hall–Kier alpha value is -3.59. The molecule has 0 fully saturated rings. The van der Waals surface area contributed by atoms with Gasteiger partial charge in [-0.05, 0) is 42.0 Å². The molecule has 2 heterocycles. The molecule has 1 aliphatic rings. The molecule has 0 atom stereocenters. The number of aromatic nitrogens is 2. The first-order chi connectivity index (χ1) is 13.5. The quantitative estimate of drug-likeness (QED) is 0.678. The second kappa shape index (κ2) is 6.86. The van der Waals surface area contributed by atoms with E-state index < -0.39 is 15.9 Å². The molecule has 0 radical (unpaired) electrons. The fraction of sp³-hybridized carbons (Fsp3) is 0.0526. The molecule has 140 valence electrons. The van der Waals surface area contributed by atoms with Crippen molar-refractivity contribution in [1.29, 1.82) is 0 Å². The molecule has 9 heteroatoms. The van der Waals surface area contributed by atoms with Gasteiger partial charge in [-0.15, -0.1) is 0 Å². The molecule has 1 aromatic heterocycles. The standard InChI is InChI=1S/C19H14N4O4S/c24-17-12-13-4-1-2-5-16(13)18(25)23(17)14-6-8-15(9-7-14)28(26,27)22-19-20-10-3-11-21-19/h1-11H,12H2,(H,20,21,22). The molecule has 0 aliphatic carbocycles. The summed E-state index contributed by atoms with van der Waals surface area (Å²) in [5.74, 6) is -0.849. The third-order valence-electron chi connectivity index (χ3n) is 4.24. The smallest absolute Gasteiger partial charge is 0.265 e. The molecular formula is C19H14N4O4S. The number of nitrogens with zero attached hydrogens (tertiary/aromatic N) is 3. The third-order valence-corrected chi connectivity index (χ3v) is 5.58. The van der Waals surface area contributed by atoms with Crippen molar-refractivity contribution in [3.05, 3.63) is 78.1 Å². The third kappa shape index (κ3) is 3.23. The van der Waals surface area contributed by atoms with Crippen LogP contribution in [0.3, 0.4) is 0 Å². The van der Waals surface area contributed by atoms with E-state index in [2.05, 4.69) is 14.7 Å². The molecule has 2 amide bonds. The van der Waals surface area contributed by atoms with Crippen molar-refractivity contribution >= 4 is 33.5 Å². The Balaban J connectivity index is 1.62. The molecule has 28 heavy (non-hydrogen) atoms. The highest BCUT2D eigenvalue weighted by molar-refractivity contribution is 7.92. The Bertz CT molecular complexity index is 1160. The summed E-state index contributed by atoms with van der Waals surface area (Å²) in [5, 5.41) is 0. The van der Waals surface area contributed by atoms with E-state index in [1.54, 1.807) is 30.3 Å². The summed E-state index contributed by atoms with van der Waals surface area (Å²) in [5.41, 5.74) is 1.45. The Kier molecular flexibility index (Phi) is 4.36. The van der Waals surface area contributed by atoms with Gasteiger partial charge in [0.25, 0.3) is 15.9 Å². The average Bonchev–Trinajstić information content (AvgIpc) is 2.69. The number of fused-ring (bicyclic) bond motifs is 1. The lowest BCUT2D eigenvalue weighted by molar-refractivity contribution is -0.117. The van der Waals surface area contributed by atoms with Crippen molar-refractivity contribution in [2.45, 2.75) is 11.3 Å². The lowest BCUT2D eigenvalue weighted by Gasteiger charge is -2.26. The van der Waals surface area contributed by atoms with Crippen molar-refractivity contribution in [3.63, 3.8) is 0 Å². The van der Waals surface area contributed by atoms with Crippen LogP contribution in [0.15, 0.2) is 71.9 Å². The second-order valence-electron chi connectivity index (χ2n) is 6.04. The van der Waals surface area contributed by atoms with E-state index in [4.69, 9.17) is 0 Å². The number of hydrogen-bond donors (Lipinski definition) is 1. The molecule has 0 bridgehead atoms. The molecule has 4 rings (SSSR count). The van der Waals surface area contributed by atoms with Gasteiger partial charge in [0.2, 0.25) is 11.9 Å². The molecule has 0 spiro atoms. The van der Waals surface area contributed by atoms with E-state index in [1.807, 2.05) is 0 Å². The SMILES string of the molecule is O=C1Cc2ccccc2C(=O)N1c1ccc(S(=O)(=O)Nc2ncccn2)cc1. The van der Waals surface area contributed by atoms with Crippen molar-refractivity contribution in [2.24, 2.45) is 0 Å². The van der Waals surface area contributed by atoms with Gasteiger partial charge in [-0.1, -0.05) is 18.2 Å². The maximum absolute atomic E-state index is 12.7. The van der Waals surface area contributed by atoms with Gasteiger partial charge >= 0.3 is 0 Å². The summed E-state index contributed by atoms with van der Waals surface area (Å²) in [6, 6.07) is 14.0. The minimum Gasteiger partial charge on any atom is -0.274 e. The maximum atomic E-state index is 12.7. The minimum absolute atomic E-state index is 0.0407. The van der Waals surface area contributed by atoms with Crippen molar-refractivity contribution in [2.75, 3.05) is 9.62 Å². The zero-order chi connectivity index (χ0) is 19.7. The van der Waals surface area contributed by atoms with Crippen molar-refractivity contribution in [1.82, 2.24) is 9.97 Å². The zero-order valence-corrected chi connectivity index (χ0v) is 15.3. The molecule has 8 nitrogen and oxygen atoms in total. The number of hydrogen-bond acceptors (Lipinski definition) is 6. The summed E-state index contributed by atoms with van der Waals surface area (Å²) in [6.07, 6.45) is 2.94. The van der Waals surface area contributed by atoms with Gasteiger partial charge in [-0.3, -0.25) is 9.59 Å². The first-order valence-electron chi connectivity index (χ1n) is 8.31. The predicted octanol–water partition coefficient (Wildman–Crippen LogP) is 2.01. The first kappa shape index (κ1) is 17.8. The van der Waals surface area contributed by atoms with Crippen LogP contribution < -0.4 is 9.62 Å². The lowest BCUT2D eigenvalue weighted by atomic mass is 9.98. The van der Waals surface area contributed by atoms with E-state index in [9.17, 15) is 18.0 Å². The summed E-state index contributed by atoms with van der Waals surface area (Å²) in [7, 11) is -3.90. The monoisotopic (exact) mass is 394 g/mol. The molecular weight excluding hydrogens is 380 g/mol. The lowest BCUT2D eigenvalue weighted by Crippen LogP contribution is -2.42. The normalized spacial score (nSPS) is 13.9. The van der Waals surface area contributed by atoms with Gasteiger partial charge in [-0.25, -0.2) is 28.0 Å². The first-order valence-corrected chi connectivity index (χ1v) is 9.79. The highest BCUT2D eigenvalue weighted by Crippen LogP contribution is 2.26. The Morgan fingerprint density at radius 1 is 0.893 bits per heavy atom. The molecule has 1 aliphatic heterocycles. The van der Waals surface area contributed by atoms with E-state index in [1.165, 1.54) is 36.7 Å². The maximum Gasteiger partial charge on any atom is 0.265 e. The molecule has 0 saturated heterocycles. The summed E-state index contributed by atoms with van der Waals surface area (Å²) >= 11 is 0. The fourth-order valence-electron chi connectivity index (χ4n) is 2.93. The number of imide groups is 1. The van der Waals surface area contributed by atoms with Gasteiger partial charge in [0.1, 0.15) is 0 Å². The number of amides is 2. The molecule has 0 saturated carbocycles. The number of rotatable bonds is 4. The topological polar surface area (TPSA) is 109 Å². The second-order valence-corrected chi connectivity index (χ2v) is 7.72. The molecule has 0 unspecified atom stereocenters. The van der Waals surface area contributed by atoms with E-state index in [0.717, 1.165) is 4.90 Å². The number of anilines is 2. The van der Waals surface area contributed by atoms with Crippen LogP contribution in [0.25, 0.3) is 0 Å². The van der Waals surface area contributed by atoms with Gasteiger partial charge in [0.15, 0.2) is 0 Å². The van der Waals surface area contributed by atoms with Crippen LogP contribution in [0.2, 0.25) is 0 Å². The van der Waals surface area contributed by atoms with Crippen LogP contribution >= 0.6 is 0 Å². The van der Waals surface area contributed by atoms with Crippen LogP contribution in [0.5, 0.6) is 0 Å². The Morgan fingerprint density at radius 3 is 2.29 bits per heavy atom. The van der Waals surface area contributed by atoms with Gasteiger partial charge in [0, 0.05) is 18.0 Å². The summed E-state index contributed by atoms with van der Waals surface area (Å²) < 4.78 is 27.2. The van der Waals surface area contributed by atoms with Gasteiger partial charge in [-0.2, -0.15) is 0 Å². The number of benzene rings is 2. The molecule has 1 N–H and O–H groups in total. The van der Waals surface area contributed by atoms with E-state index in [-0.39, 0.29) is 23.2 Å². The largest absolute Gasteiger partial charge is 0.274 e. The summed E-state index contributed by atoms with van der Waals surface area (Å²) in [4.78, 5) is 33.8. The van der Waals surface area contributed by atoms with Crippen LogP contribution in [-0.2, 0) is 21.2 Å². The Labute approximate surface area is 160 Å². The highest BCUT2D eigenvalue weighted by Gasteiger charge is 2.32. The van der Waals surface area contributed by atoms with Crippen molar-refractivity contribution in [3.8, 4) is 0 Å². The highest BCUT2D eigenvalue weighted by atomic mass is 32.2. The van der Waals surface area contributed by atoms with Crippen LogP contribution in [0.1, 0.15) is 15.9 Å². The Morgan fingerprint density at radius 2 is 1.57 bits per heavy atom. The number of carbonyl (C=O) groups is 2. The van der Waals surface area contributed by atoms with Crippen molar-refractivity contribution < 1.29 is 18.0 Å². The molecule has 3 aromatic rings. The van der Waals surface area contributed by atoms with Crippen LogP contribution in [-0.4, -0.2) is 30.2 Å². The predicted molar refractivity (Wildman–Crippen MR) is 101 cm³/mol. The average molecular weight is 394 g/mol. The zero-order valence-electron chi connectivity index (χ0n) is 14.4. The van der Waals surface area contributed by atoms with Crippen LogP contribution in [0.4, 0.5) is 11.6 Å². The molecule has 2 aromatic carbocycles. The van der Waals surface area contributed by atoms with E-state index >= 15 is 0 Å². The van der Waals surface area contributed by atoms with Gasteiger partial charge in [0.05, 0.1) is 17.0 Å². The van der Waals surface area contributed by atoms with Crippen LogP contribution in [0, 0.1) is 0 Å². The fourth-order valence-corrected chi connectivity index (χ4v) is 3.88. The van der Waals surface area contributed by atoms with Gasteiger partial charge < -0.3 is 0 Å². The minimum atomic E-state index is -3.90. The summed E-state index contributed by atoms with van der Waals surface area (Å²) in [6.45, 7) is 0. The number of carbonyl (C=O) groups excluding carboxylic acids is 2. The number of sulfonamides is 1.